The Bertz CT molecular complexity index is 647. The van der Waals surface area contributed by atoms with Crippen molar-refractivity contribution in [3.05, 3.63) is 24.0 Å². The van der Waals surface area contributed by atoms with E-state index in [1.54, 1.807) is 11.1 Å². The number of carbonyl (C=O) groups is 3. The Morgan fingerprint density at radius 1 is 1.25 bits per heavy atom. The molecule has 128 valence electrons. The van der Waals surface area contributed by atoms with E-state index in [1.165, 1.54) is 0 Å². The molecule has 0 atom stereocenters. The van der Waals surface area contributed by atoms with E-state index in [9.17, 15) is 14.4 Å². The van der Waals surface area contributed by atoms with E-state index in [0.29, 0.717) is 13.1 Å². The molecular weight excluding hydrogens is 310 g/mol. The maximum atomic E-state index is 12.4. The number of aryl methyl sites for hydroxylation is 1. The number of aromatic nitrogens is 1. The van der Waals surface area contributed by atoms with E-state index in [1.807, 2.05) is 19.2 Å². The fourth-order valence-electron chi connectivity index (χ4n) is 3.08. The Hall–Kier alpha value is -2.64. The van der Waals surface area contributed by atoms with Gasteiger partial charge in [-0.05, 0) is 25.0 Å². The van der Waals surface area contributed by atoms with Crippen LogP contribution in [0.25, 0.3) is 0 Å². The number of rotatable bonds is 3. The summed E-state index contributed by atoms with van der Waals surface area (Å²) in [5, 5.41) is 2.43. The molecule has 0 aromatic carbocycles. The quantitative estimate of drug-likeness (QED) is 0.787. The lowest BCUT2D eigenvalue weighted by Gasteiger charge is -2.25. The van der Waals surface area contributed by atoms with Gasteiger partial charge in [-0.15, -0.1) is 0 Å². The maximum Gasteiger partial charge on any atom is 0.325 e. The molecule has 3 rings (SSSR count). The number of urea groups is 1. The molecule has 4 amide bonds. The Morgan fingerprint density at radius 3 is 2.79 bits per heavy atom. The van der Waals surface area contributed by atoms with Crippen LogP contribution in [0.4, 0.5) is 10.5 Å². The Kier molecular flexibility index (Phi) is 4.64. The smallest absolute Gasteiger partial charge is 0.325 e. The molecule has 0 aliphatic carbocycles. The third kappa shape index (κ3) is 3.32. The summed E-state index contributed by atoms with van der Waals surface area (Å²) in [6.07, 6.45) is 4.45. The first kappa shape index (κ1) is 16.2. The molecule has 24 heavy (non-hydrogen) atoms. The molecule has 0 radical (unpaired) electrons. The van der Waals surface area contributed by atoms with Crippen molar-refractivity contribution in [2.45, 2.75) is 13.3 Å². The lowest BCUT2D eigenvalue weighted by atomic mass is 10.2. The summed E-state index contributed by atoms with van der Waals surface area (Å²) < 4.78 is 0. The normalized spacial score (nSPS) is 18.6. The third-order valence-electron chi connectivity index (χ3n) is 4.41. The predicted molar refractivity (Wildman–Crippen MR) is 87.5 cm³/mol. The number of amides is 4. The van der Waals surface area contributed by atoms with Crippen LogP contribution in [0.5, 0.6) is 0 Å². The summed E-state index contributed by atoms with van der Waals surface area (Å²) in [7, 11) is 0. The van der Waals surface area contributed by atoms with Crippen molar-refractivity contribution >= 4 is 23.5 Å². The van der Waals surface area contributed by atoms with Gasteiger partial charge in [0.2, 0.25) is 5.91 Å². The zero-order valence-electron chi connectivity index (χ0n) is 13.7. The Labute approximate surface area is 140 Å². The minimum Gasteiger partial charge on any atom is -0.369 e. The largest absolute Gasteiger partial charge is 0.369 e. The lowest BCUT2D eigenvalue weighted by molar-refractivity contribution is -0.136. The standard InChI is InChI=1S/C16H21N5O3/c1-12-9-17-4-3-13(12)19-5-2-6-20(8-7-19)15(23)11-21-14(22)10-18-16(21)24/h3-4,9H,2,5-8,10-11H2,1H3,(H,18,24). The molecular formula is C16H21N5O3. The number of nitrogens with zero attached hydrogens (tertiary/aromatic N) is 4. The average Bonchev–Trinajstić information content (AvgIpc) is 2.79. The van der Waals surface area contributed by atoms with Gasteiger partial charge in [-0.25, -0.2) is 4.79 Å². The van der Waals surface area contributed by atoms with Crippen molar-refractivity contribution in [2.75, 3.05) is 44.2 Å². The van der Waals surface area contributed by atoms with Gasteiger partial charge in [0.25, 0.3) is 5.91 Å². The van der Waals surface area contributed by atoms with Crippen LogP contribution in [-0.2, 0) is 9.59 Å². The lowest BCUT2D eigenvalue weighted by Crippen LogP contribution is -2.44. The fourth-order valence-corrected chi connectivity index (χ4v) is 3.08. The molecule has 2 fully saturated rings. The van der Waals surface area contributed by atoms with Gasteiger partial charge in [-0.2, -0.15) is 0 Å². The number of imide groups is 1. The zero-order chi connectivity index (χ0) is 17.1. The van der Waals surface area contributed by atoms with Crippen LogP contribution in [-0.4, -0.2) is 71.9 Å². The van der Waals surface area contributed by atoms with E-state index >= 15 is 0 Å². The van der Waals surface area contributed by atoms with E-state index in [0.717, 1.165) is 35.7 Å². The van der Waals surface area contributed by atoms with Gasteiger partial charge in [-0.1, -0.05) is 0 Å². The van der Waals surface area contributed by atoms with Crippen molar-refractivity contribution in [1.29, 1.82) is 0 Å². The van der Waals surface area contributed by atoms with Gasteiger partial charge in [-0.3, -0.25) is 19.5 Å². The van der Waals surface area contributed by atoms with Crippen LogP contribution < -0.4 is 10.2 Å². The molecule has 1 aromatic heterocycles. The molecule has 2 aliphatic heterocycles. The second-order valence-electron chi connectivity index (χ2n) is 6.02. The summed E-state index contributed by atoms with van der Waals surface area (Å²) in [5.41, 5.74) is 2.24. The van der Waals surface area contributed by atoms with Gasteiger partial charge >= 0.3 is 6.03 Å². The molecule has 1 N–H and O–H groups in total. The topological polar surface area (TPSA) is 85.8 Å². The zero-order valence-corrected chi connectivity index (χ0v) is 13.7. The molecule has 2 saturated heterocycles. The maximum absolute atomic E-state index is 12.4. The number of nitrogens with one attached hydrogen (secondary N) is 1. The van der Waals surface area contributed by atoms with Gasteiger partial charge in [0.1, 0.15) is 6.54 Å². The molecule has 8 heteroatoms. The van der Waals surface area contributed by atoms with Crippen molar-refractivity contribution in [3.8, 4) is 0 Å². The first-order chi connectivity index (χ1) is 11.6. The number of anilines is 1. The van der Waals surface area contributed by atoms with Crippen molar-refractivity contribution in [1.82, 2.24) is 20.1 Å². The number of hydrogen-bond acceptors (Lipinski definition) is 5. The average molecular weight is 331 g/mol. The van der Waals surface area contributed by atoms with E-state index in [4.69, 9.17) is 0 Å². The molecule has 3 heterocycles. The van der Waals surface area contributed by atoms with E-state index < -0.39 is 6.03 Å². The molecule has 0 saturated carbocycles. The monoisotopic (exact) mass is 331 g/mol. The fraction of sp³-hybridized carbons (Fsp3) is 0.500. The third-order valence-corrected chi connectivity index (χ3v) is 4.41. The minimum atomic E-state index is -0.489. The summed E-state index contributed by atoms with van der Waals surface area (Å²) in [4.78, 5) is 44.7. The molecule has 1 aromatic rings. The minimum absolute atomic E-state index is 0.0266. The Balaban J connectivity index is 1.61. The van der Waals surface area contributed by atoms with Crippen LogP contribution in [0.1, 0.15) is 12.0 Å². The van der Waals surface area contributed by atoms with E-state index in [2.05, 4.69) is 15.2 Å². The van der Waals surface area contributed by atoms with Crippen LogP contribution in [0.3, 0.4) is 0 Å². The summed E-state index contributed by atoms with van der Waals surface area (Å²) in [6, 6.07) is 1.50. The van der Waals surface area contributed by atoms with Crippen LogP contribution >= 0.6 is 0 Å². The molecule has 8 nitrogen and oxygen atoms in total. The molecule has 0 bridgehead atoms. The first-order valence-electron chi connectivity index (χ1n) is 8.08. The Morgan fingerprint density at radius 2 is 2.08 bits per heavy atom. The van der Waals surface area contributed by atoms with Gasteiger partial charge in [0.15, 0.2) is 0 Å². The van der Waals surface area contributed by atoms with Gasteiger partial charge < -0.3 is 15.1 Å². The van der Waals surface area contributed by atoms with Crippen LogP contribution in [0, 0.1) is 6.92 Å². The summed E-state index contributed by atoms with van der Waals surface area (Å²) in [5.74, 6) is -0.536. The van der Waals surface area contributed by atoms with Crippen LogP contribution in [0.15, 0.2) is 18.5 Å². The second-order valence-corrected chi connectivity index (χ2v) is 6.02. The predicted octanol–water partition coefficient (Wildman–Crippen LogP) is -0.0195. The molecule has 0 unspecified atom stereocenters. The highest BCUT2D eigenvalue weighted by Gasteiger charge is 2.32. The van der Waals surface area contributed by atoms with Crippen molar-refractivity contribution < 1.29 is 14.4 Å². The highest BCUT2D eigenvalue weighted by Crippen LogP contribution is 2.20. The summed E-state index contributed by atoms with van der Waals surface area (Å²) in [6.45, 7) is 4.59. The molecule has 2 aliphatic rings. The first-order valence-corrected chi connectivity index (χ1v) is 8.08. The van der Waals surface area contributed by atoms with Crippen LogP contribution in [0.2, 0.25) is 0 Å². The SMILES string of the molecule is Cc1cnccc1N1CCCN(C(=O)CN2C(=O)CNC2=O)CC1. The molecule has 0 spiro atoms. The number of hydrogen-bond donors (Lipinski definition) is 1. The van der Waals surface area contributed by atoms with Crippen molar-refractivity contribution in [2.24, 2.45) is 0 Å². The van der Waals surface area contributed by atoms with E-state index in [-0.39, 0.29) is 24.9 Å². The van der Waals surface area contributed by atoms with Crippen molar-refractivity contribution in [3.63, 3.8) is 0 Å². The highest BCUT2D eigenvalue weighted by atomic mass is 16.2. The van der Waals surface area contributed by atoms with Gasteiger partial charge in [0, 0.05) is 44.3 Å². The number of pyridine rings is 1. The number of carbonyl (C=O) groups excluding carboxylic acids is 3. The van der Waals surface area contributed by atoms with Gasteiger partial charge in [0.05, 0.1) is 6.54 Å². The highest BCUT2D eigenvalue weighted by molar-refractivity contribution is 6.04. The second kappa shape index (κ2) is 6.86. The summed E-state index contributed by atoms with van der Waals surface area (Å²) >= 11 is 0.